The van der Waals surface area contributed by atoms with Gasteiger partial charge < -0.3 is 4.40 Å². The number of hydrogen-bond donors (Lipinski definition) is 0. The Morgan fingerprint density at radius 3 is 2.68 bits per heavy atom. The molecule has 0 spiro atoms. The van der Waals surface area contributed by atoms with Crippen molar-refractivity contribution in [2.24, 2.45) is 0 Å². The van der Waals surface area contributed by atoms with Crippen molar-refractivity contribution in [2.75, 3.05) is 0 Å². The van der Waals surface area contributed by atoms with Crippen LogP contribution < -0.4 is 0 Å². The molecule has 0 atom stereocenters. The van der Waals surface area contributed by atoms with E-state index in [1.165, 1.54) is 12.1 Å². The third-order valence-corrected chi connectivity index (χ3v) is 3.91. The van der Waals surface area contributed by atoms with E-state index >= 15 is 0 Å². The molecule has 0 bridgehead atoms. The van der Waals surface area contributed by atoms with Gasteiger partial charge >= 0.3 is 0 Å². The van der Waals surface area contributed by atoms with Crippen LogP contribution in [0.15, 0.2) is 47.2 Å². The van der Waals surface area contributed by atoms with E-state index in [0.717, 1.165) is 26.9 Å². The summed E-state index contributed by atoms with van der Waals surface area (Å²) >= 11 is 3.51. The van der Waals surface area contributed by atoms with Gasteiger partial charge in [0.1, 0.15) is 11.5 Å². The van der Waals surface area contributed by atoms with E-state index in [2.05, 4.69) is 20.9 Å². The number of imidazole rings is 1. The maximum atomic E-state index is 12.9. The molecule has 3 aromatic rings. The molecule has 4 heteroatoms. The highest BCUT2D eigenvalue weighted by molar-refractivity contribution is 9.10. The van der Waals surface area contributed by atoms with E-state index in [0.29, 0.717) is 6.42 Å². The van der Waals surface area contributed by atoms with Crippen LogP contribution in [0.4, 0.5) is 4.39 Å². The zero-order valence-corrected chi connectivity index (χ0v) is 12.0. The van der Waals surface area contributed by atoms with Gasteiger partial charge in [-0.1, -0.05) is 12.1 Å². The molecule has 0 radical (unpaired) electrons. The van der Waals surface area contributed by atoms with Crippen LogP contribution in [0.1, 0.15) is 16.8 Å². The second-order valence-electron chi connectivity index (χ2n) is 4.61. The first kappa shape index (κ1) is 12.4. The average molecular weight is 319 g/mol. The van der Waals surface area contributed by atoms with E-state index < -0.39 is 0 Å². The van der Waals surface area contributed by atoms with E-state index in [-0.39, 0.29) is 5.82 Å². The van der Waals surface area contributed by atoms with Gasteiger partial charge in [-0.2, -0.15) is 0 Å². The van der Waals surface area contributed by atoms with Crippen LogP contribution in [0.25, 0.3) is 5.65 Å². The van der Waals surface area contributed by atoms with Crippen molar-refractivity contribution in [3.8, 4) is 0 Å². The van der Waals surface area contributed by atoms with Crippen molar-refractivity contribution in [3.05, 3.63) is 69.8 Å². The fourth-order valence-electron chi connectivity index (χ4n) is 2.05. The van der Waals surface area contributed by atoms with Crippen molar-refractivity contribution in [1.82, 2.24) is 9.38 Å². The van der Waals surface area contributed by atoms with Gasteiger partial charge in [0.25, 0.3) is 0 Å². The number of rotatable bonds is 2. The van der Waals surface area contributed by atoms with Gasteiger partial charge in [0.2, 0.25) is 0 Å². The topological polar surface area (TPSA) is 17.3 Å². The minimum atomic E-state index is -0.210. The number of halogens is 2. The van der Waals surface area contributed by atoms with Crippen LogP contribution in [0.3, 0.4) is 0 Å². The van der Waals surface area contributed by atoms with Crippen LogP contribution in [0.2, 0.25) is 0 Å². The zero-order chi connectivity index (χ0) is 13.4. The number of benzene rings is 1. The molecule has 2 heterocycles. The molecule has 0 aliphatic rings. The molecule has 3 rings (SSSR count). The zero-order valence-electron chi connectivity index (χ0n) is 10.4. The van der Waals surface area contributed by atoms with Gasteiger partial charge in [-0.05, 0) is 52.2 Å². The summed E-state index contributed by atoms with van der Waals surface area (Å²) < 4.78 is 15.9. The summed E-state index contributed by atoms with van der Waals surface area (Å²) in [5, 5.41) is 0. The third-order valence-electron chi connectivity index (χ3n) is 3.08. The van der Waals surface area contributed by atoms with E-state index in [4.69, 9.17) is 0 Å². The average Bonchev–Trinajstić information content (AvgIpc) is 2.74. The summed E-state index contributed by atoms with van der Waals surface area (Å²) in [4.78, 5) is 4.58. The standard InChI is InChI=1S/C15H12BrFN2/c1-10-6-15-18-13(8-19(15)9-14(10)16)7-11-2-4-12(17)5-3-11/h2-6,8-9H,7H2,1H3. The highest BCUT2D eigenvalue weighted by Gasteiger charge is 2.05. The number of fused-ring (bicyclic) bond motifs is 1. The van der Waals surface area contributed by atoms with Crippen molar-refractivity contribution in [3.63, 3.8) is 0 Å². The fraction of sp³-hybridized carbons (Fsp3) is 0.133. The molecular formula is C15H12BrFN2. The van der Waals surface area contributed by atoms with Crippen molar-refractivity contribution in [2.45, 2.75) is 13.3 Å². The molecule has 0 saturated heterocycles. The van der Waals surface area contributed by atoms with Gasteiger partial charge in [0, 0.05) is 23.3 Å². The molecule has 2 nitrogen and oxygen atoms in total. The Morgan fingerprint density at radius 2 is 1.95 bits per heavy atom. The lowest BCUT2D eigenvalue weighted by molar-refractivity contribution is 0.627. The summed E-state index contributed by atoms with van der Waals surface area (Å²) in [6.07, 6.45) is 4.72. The van der Waals surface area contributed by atoms with E-state index in [1.54, 1.807) is 12.1 Å². The Balaban J connectivity index is 1.95. The summed E-state index contributed by atoms with van der Waals surface area (Å²) in [5.74, 6) is -0.210. The highest BCUT2D eigenvalue weighted by atomic mass is 79.9. The van der Waals surface area contributed by atoms with Gasteiger partial charge in [-0.3, -0.25) is 0 Å². The molecule has 0 fully saturated rings. The lowest BCUT2D eigenvalue weighted by atomic mass is 10.1. The number of hydrogen-bond acceptors (Lipinski definition) is 1. The Hall–Kier alpha value is -1.68. The number of nitrogens with zero attached hydrogens (tertiary/aromatic N) is 2. The Kier molecular flexibility index (Phi) is 3.11. The van der Waals surface area contributed by atoms with E-state index in [9.17, 15) is 4.39 Å². The molecule has 0 saturated carbocycles. The van der Waals surface area contributed by atoms with Crippen molar-refractivity contribution in [1.29, 1.82) is 0 Å². The van der Waals surface area contributed by atoms with Crippen LogP contribution in [-0.4, -0.2) is 9.38 Å². The summed E-state index contributed by atoms with van der Waals surface area (Å²) in [5.41, 5.74) is 4.12. The number of aromatic nitrogens is 2. The number of aryl methyl sites for hydroxylation is 1. The maximum Gasteiger partial charge on any atom is 0.137 e. The van der Waals surface area contributed by atoms with Crippen molar-refractivity contribution >= 4 is 21.6 Å². The lowest BCUT2D eigenvalue weighted by Crippen LogP contribution is -1.88. The second kappa shape index (κ2) is 4.78. The smallest absolute Gasteiger partial charge is 0.137 e. The normalized spacial score (nSPS) is 11.1. The third kappa shape index (κ3) is 2.54. The SMILES string of the molecule is Cc1cc2nc(Cc3ccc(F)cc3)cn2cc1Br. The molecule has 0 aliphatic heterocycles. The molecule has 0 N–H and O–H groups in total. The minimum absolute atomic E-state index is 0.210. The molecule has 2 aromatic heterocycles. The second-order valence-corrected chi connectivity index (χ2v) is 5.46. The predicted octanol–water partition coefficient (Wildman–Crippen LogP) is 4.14. The Labute approximate surface area is 119 Å². The molecule has 1 aromatic carbocycles. The first-order chi connectivity index (χ1) is 9.11. The largest absolute Gasteiger partial charge is 0.306 e. The molecular weight excluding hydrogens is 307 g/mol. The molecule has 96 valence electrons. The summed E-state index contributed by atoms with van der Waals surface area (Å²) in [6.45, 7) is 2.04. The summed E-state index contributed by atoms with van der Waals surface area (Å²) in [7, 11) is 0. The first-order valence-electron chi connectivity index (χ1n) is 6.00. The monoisotopic (exact) mass is 318 g/mol. The maximum absolute atomic E-state index is 12.9. The van der Waals surface area contributed by atoms with Gasteiger partial charge in [-0.15, -0.1) is 0 Å². The van der Waals surface area contributed by atoms with Gasteiger partial charge in [-0.25, -0.2) is 9.37 Å². The lowest BCUT2D eigenvalue weighted by Gasteiger charge is -1.98. The van der Waals surface area contributed by atoms with Gasteiger partial charge in [0.15, 0.2) is 0 Å². The molecule has 19 heavy (non-hydrogen) atoms. The van der Waals surface area contributed by atoms with Crippen LogP contribution >= 0.6 is 15.9 Å². The molecule has 0 aliphatic carbocycles. The highest BCUT2D eigenvalue weighted by Crippen LogP contribution is 2.19. The van der Waals surface area contributed by atoms with E-state index in [1.807, 2.05) is 29.8 Å². The number of pyridine rings is 1. The van der Waals surface area contributed by atoms with Crippen LogP contribution in [-0.2, 0) is 6.42 Å². The Morgan fingerprint density at radius 1 is 1.21 bits per heavy atom. The van der Waals surface area contributed by atoms with Gasteiger partial charge in [0.05, 0.1) is 5.69 Å². The predicted molar refractivity (Wildman–Crippen MR) is 76.8 cm³/mol. The molecule has 0 unspecified atom stereocenters. The quantitative estimate of drug-likeness (QED) is 0.694. The van der Waals surface area contributed by atoms with Crippen LogP contribution in [0.5, 0.6) is 0 Å². The minimum Gasteiger partial charge on any atom is -0.306 e. The van der Waals surface area contributed by atoms with Crippen LogP contribution in [0, 0.1) is 12.7 Å². The first-order valence-corrected chi connectivity index (χ1v) is 6.79. The molecule has 0 amide bonds. The summed E-state index contributed by atoms with van der Waals surface area (Å²) in [6, 6.07) is 8.58. The fourth-order valence-corrected chi connectivity index (χ4v) is 2.39. The Bertz CT molecular complexity index is 693. The van der Waals surface area contributed by atoms with Crippen molar-refractivity contribution < 1.29 is 4.39 Å².